The molecular formula is C19H22FN3O3. The Hall–Kier alpha value is -2.96. The topological polar surface area (TPSA) is 94.3 Å². The largest absolute Gasteiger partial charge is 0.414 e. The second-order valence-electron chi connectivity index (χ2n) is 6.39. The van der Waals surface area contributed by atoms with Crippen LogP contribution in [0.3, 0.4) is 0 Å². The number of aromatic nitrogens is 1. The Bertz CT molecular complexity index is 763. The van der Waals surface area contributed by atoms with E-state index in [-0.39, 0.29) is 17.6 Å². The lowest BCUT2D eigenvalue weighted by Crippen LogP contribution is -2.46. The molecule has 1 atom stereocenters. The molecule has 0 unspecified atom stereocenters. The molecule has 2 aromatic rings. The summed E-state index contributed by atoms with van der Waals surface area (Å²) < 4.78 is 18.1. The van der Waals surface area contributed by atoms with Crippen molar-refractivity contribution in [2.45, 2.75) is 32.7 Å². The fourth-order valence-corrected chi connectivity index (χ4v) is 2.41. The van der Waals surface area contributed by atoms with Crippen LogP contribution in [0, 0.1) is 11.7 Å². The van der Waals surface area contributed by atoms with Gasteiger partial charge in [-0.3, -0.25) is 4.79 Å². The molecular weight excluding hydrogens is 337 g/mol. The third-order valence-corrected chi connectivity index (χ3v) is 3.62. The van der Waals surface area contributed by atoms with Gasteiger partial charge in [-0.2, -0.15) is 0 Å². The number of hydrogen-bond acceptors (Lipinski definition) is 4. The van der Waals surface area contributed by atoms with Crippen molar-refractivity contribution in [3.8, 4) is 5.88 Å². The van der Waals surface area contributed by atoms with Gasteiger partial charge in [0.2, 0.25) is 11.8 Å². The van der Waals surface area contributed by atoms with Gasteiger partial charge in [0.25, 0.3) is 0 Å². The molecule has 0 radical (unpaired) electrons. The van der Waals surface area contributed by atoms with Crippen LogP contribution in [-0.4, -0.2) is 23.0 Å². The maximum Gasteiger partial charge on any atom is 0.414 e. The van der Waals surface area contributed by atoms with Crippen LogP contribution >= 0.6 is 0 Å². The van der Waals surface area contributed by atoms with Gasteiger partial charge < -0.3 is 15.8 Å². The molecule has 1 heterocycles. The number of primary amides is 1. The van der Waals surface area contributed by atoms with E-state index in [0.29, 0.717) is 18.5 Å². The van der Waals surface area contributed by atoms with Crippen molar-refractivity contribution in [2.75, 3.05) is 0 Å². The van der Waals surface area contributed by atoms with Crippen molar-refractivity contribution in [3.05, 3.63) is 59.5 Å². The molecule has 26 heavy (non-hydrogen) atoms. The average Bonchev–Trinajstić information content (AvgIpc) is 2.56. The minimum atomic E-state index is -0.801. The number of rotatable bonds is 7. The van der Waals surface area contributed by atoms with Crippen molar-refractivity contribution >= 4 is 12.0 Å². The molecule has 0 fully saturated rings. The monoisotopic (exact) mass is 359 g/mol. The average molecular weight is 359 g/mol. The van der Waals surface area contributed by atoms with Gasteiger partial charge in [-0.25, -0.2) is 14.2 Å². The smallest absolute Gasteiger partial charge is 0.391 e. The number of nitrogens with one attached hydrogen (secondary N) is 1. The molecule has 0 aliphatic heterocycles. The summed E-state index contributed by atoms with van der Waals surface area (Å²) in [4.78, 5) is 27.7. The lowest BCUT2D eigenvalue weighted by molar-refractivity contribution is -0.120. The third kappa shape index (κ3) is 6.16. The summed E-state index contributed by atoms with van der Waals surface area (Å²) in [6.45, 7) is 3.84. The third-order valence-electron chi connectivity index (χ3n) is 3.62. The predicted octanol–water partition coefficient (Wildman–Crippen LogP) is 2.80. The first-order chi connectivity index (χ1) is 12.3. The van der Waals surface area contributed by atoms with Gasteiger partial charge in [-0.1, -0.05) is 32.0 Å². The van der Waals surface area contributed by atoms with Gasteiger partial charge in [-0.05, 0) is 36.1 Å². The van der Waals surface area contributed by atoms with Crippen LogP contribution in [-0.2, 0) is 11.2 Å². The molecule has 0 aliphatic rings. The molecule has 2 rings (SSSR count). The Morgan fingerprint density at radius 3 is 2.50 bits per heavy atom. The number of nitrogens with zero attached hydrogens (tertiary/aromatic N) is 1. The lowest BCUT2D eigenvalue weighted by atomic mass is 10.0. The van der Waals surface area contributed by atoms with Crippen molar-refractivity contribution < 1.29 is 18.7 Å². The van der Waals surface area contributed by atoms with Gasteiger partial charge in [-0.15, -0.1) is 0 Å². The summed E-state index contributed by atoms with van der Waals surface area (Å²) in [5, 5.41) is 2.45. The highest BCUT2D eigenvalue weighted by molar-refractivity contribution is 5.84. The lowest BCUT2D eigenvalue weighted by Gasteiger charge is -2.16. The molecule has 1 aromatic heterocycles. The fourth-order valence-electron chi connectivity index (χ4n) is 2.41. The highest BCUT2D eigenvalue weighted by Gasteiger charge is 2.20. The number of pyridine rings is 1. The molecule has 0 saturated heterocycles. The van der Waals surface area contributed by atoms with Crippen molar-refractivity contribution in [2.24, 2.45) is 11.7 Å². The number of benzene rings is 1. The molecule has 2 amide bonds. The van der Waals surface area contributed by atoms with E-state index in [4.69, 9.17) is 10.5 Å². The number of amides is 2. The van der Waals surface area contributed by atoms with Crippen LogP contribution in [0.15, 0.2) is 42.5 Å². The molecule has 3 N–H and O–H groups in total. The summed E-state index contributed by atoms with van der Waals surface area (Å²) in [7, 11) is 0. The first-order valence-corrected chi connectivity index (χ1v) is 8.31. The van der Waals surface area contributed by atoms with E-state index in [1.54, 1.807) is 24.3 Å². The van der Waals surface area contributed by atoms with Gasteiger partial charge >= 0.3 is 6.09 Å². The maximum atomic E-state index is 13.0. The molecule has 1 aromatic carbocycles. The highest BCUT2D eigenvalue weighted by Crippen LogP contribution is 2.13. The van der Waals surface area contributed by atoms with Crippen molar-refractivity contribution in [1.29, 1.82) is 0 Å². The Kier molecular flexibility index (Phi) is 6.66. The normalized spacial score (nSPS) is 11.8. The minimum absolute atomic E-state index is 0.106. The zero-order chi connectivity index (χ0) is 19.1. The van der Waals surface area contributed by atoms with E-state index in [1.165, 1.54) is 18.2 Å². The second kappa shape index (κ2) is 8.94. The molecule has 0 saturated carbocycles. The summed E-state index contributed by atoms with van der Waals surface area (Å²) in [6, 6.07) is 10.3. The molecule has 0 spiro atoms. The van der Waals surface area contributed by atoms with Crippen LogP contribution in [0.4, 0.5) is 9.18 Å². The quantitative estimate of drug-likeness (QED) is 0.795. The molecule has 0 aliphatic carbocycles. The predicted molar refractivity (Wildman–Crippen MR) is 95.0 cm³/mol. The fraction of sp³-hybridized carbons (Fsp3) is 0.316. The van der Waals surface area contributed by atoms with Gasteiger partial charge in [0.1, 0.15) is 11.9 Å². The first-order valence-electron chi connectivity index (χ1n) is 8.31. The van der Waals surface area contributed by atoms with Gasteiger partial charge in [0.15, 0.2) is 0 Å². The molecule has 0 bridgehead atoms. The van der Waals surface area contributed by atoms with E-state index in [9.17, 15) is 14.0 Å². The molecule has 7 heteroatoms. The molecule has 138 valence electrons. The van der Waals surface area contributed by atoms with Crippen molar-refractivity contribution in [1.82, 2.24) is 10.3 Å². The van der Waals surface area contributed by atoms with Crippen molar-refractivity contribution in [3.63, 3.8) is 0 Å². The highest BCUT2D eigenvalue weighted by atomic mass is 19.1. The standard InChI is InChI=1S/C19H22FN3O3/c1-12(2)10-16(18(21)24)23-19(25)26-17-5-3-4-15(22-17)11-13-6-8-14(20)9-7-13/h3-9,12,16H,10-11H2,1-2H3,(H2,21,24)(H,23,25)/t16-/m0/s1. The number of nitrogens with two attached hydrogens (primary N) is 1. The van der Waals surface area contributed by atoms with Crippen LogP contribution in [0.1, 0.15) is 31.5 Å². The van der Waals surface area contributed by atoms with E-state index in [0.717, 1.165) is 5.56 Å². The Balaban J connectivity index is 1.99. The molecule has 6 nitrogen and oxygen atoms in total. The van der Waals surface area contributed by atoms with E-state index < -0.39 is 18.0 Å². The Labute approximate surface area is 151 Å². The van der Waals surface area contributed by atoms with Crippen LogP contribution in [0.2, 0.25) is 0 Å². The Morgan fingerprint density at radius 2 is 1.88 bits per heavy atom. The minimum Gasteiger partial charge on any atom is -0.391 e. The van der Waals surface area contributed by atoms with Crippen LogP contribution in [0.25, 0.3) is 0 Å². The zero-order valence-electron chi connectivity index (χ0n) is 14.7. The first kappa shape index (κ1) is 19.4. The maximum absolute atomic E-state index is 13.0. The van der Waals surface area contributed by atoms with Crippen LogP contribution < -0.4 is 15.8 Å². The number of carbonyl (C=O) groups excluding carboxylic acids is 2. The van der Waals surface area contributed by atoms with E-state index in [2.05, 4.69) is 10.3 Å². The SMILES string of the molecule is CC(C)C[C@H](NC(=O)Oc1cccc(Cc2ccc(F)cc2)n1)C(N)=O. The number of ether oxygens (including phenoxy) is 1. The number of carbonyl (C=O) groups is 2. The summed E-state index contributed by atoms with van der Waals surface area (Å²) in [5.41, 5.74) is 6.84. The van der Waals surface area contributed by atoms with E-state index in [1.807, 2.05) is 13.8 Å². The number of halogens is 1. The summed E-state index contributed by atoms with van der Waals surface area (Å²) in [5.74, 6) is -0.630. The van der Waals surface area contributed by atoms with Gasteiger partial charge in [0.05, 0.1) is 0 Å². The summed E-state index contributed by atoms with van der Waals surface area (Å²) >= 11 is 0. The van der Waals surface area contributed by atoms with Crippen LogP contribution in [0.5, 0.6) is 5.88 Å². The van der Waals surface area contributed by atoms with E-state index >= 15 is 0 Å². The number of hydrogen-bond donors (Lipinski definition) is 2. The second-order valence-corrected chi connectivity index (χ2v) is 6.39. The Morgan fingerprint density at radius 1 is 1.19 bits per heavy atom. The zero-order valence-corrected chi connectivity index (χ0v) is 14.7. The van der Waals surface area contributed by atoms with Gasteiger partial charge in [0, 0.05) is 18.2 Å². The summed E-state index contributed by atoms with van der Waals surface area (Å²) in [6.07, 6.45) is 0.0969.